The van der Waals surface area contributed by atoms with Gasteiger partial charge < -0.3 is 10.4 Å². The molecule has 0 aliphatic heterocycles. The van der Waals surface area contributed by atoms with E-state index < -0.39 is 16.0 Å². The van der Waals surface area contributed by atoms with Crippen LogP contribution in [-0.4, -0.2) is 32.1 Å². The number of sulfonamides is 1. The Bertz CT molecular complexity index is 644. The summed E-state index contributed by atoms with van der Waals surface area (Å²) in [4.78, 5) is 11.4. The smallest absolute Gasteiger partial charge is 0.337 e. The molecule has 136 valence electrons. The van der Waals surface area contributed by atoms with Crippen LogP contribution in [-0.2, 0) is 10.0 Å². The monoisotopic (exact) mass is 356 g/mol. The van der Waals surface area contributed by atoms with Gasteiger partial charge in [0.2, 0.25) is 10.0 Å². The van der Waals surface area contributed by atoms with Gasteiger partial charge in [0.15, 0.2) is 0 Å². The van der Waals surface area contributed by atoms with Crippen molar-refractivity contribution in [3.8, 4) is 0 Å². The number of carbonyl (C=O) groups is 1. The molecule has 1 aromatic carbocycles. The number of rotatable bonds is 11. The molecule has 0 spiro atoms. The third kappa shape index (κ3) is 6.13. The third-order valence-electron chi connectivity index (χ3n) is 3.71. The summed E-state index contributed by atoms with van der Waals surface area (Å²) >= 11 is 0. The second kappa shape index (κ2) is 9.64. The van der Waals surface area contributed by atoms with E-state index >= 15 is 0 Å². The quantitative estimate of drug-likeness (QED) is 0.528. The molecule has 3 N–H and O–H groups in total. The van der Waals surface area contributed by atoms with Gasteiger partial charge in [0.25, 0.3) is 0 Å². The summed E-state index contributed by atoms with van der Waals surface area (Å²) in [5, 5.41) is 12.4. The Morgan fingerprint density at radius 1 is 1.21 bits per heavy atom. The molecule has 1 atom stereocenters. The molecule has 24 heavy (non-hydrogen) atoms. The summed E-state index contributed by atoms with van der Waals surface area (Å²) < 4.78 is 27.3. The number of carboxylic acid groups (broad SMARTS) is 1. The predicted octanol–water partition coefficient (Wildman–Crippen LogP) is 3.45. The van der Waals surface area contributed by atoms with Crippen LogP contribution >= 0.6 is 0 Å². The van der Waals surface area contributed by atoms with E-state index in [1.165, 1.54) is 18.2 Å². The van der Waals surface area contributed by atoms with Gasteiger partial charge in [0.05, 0.1) is 10.5 Å². The largest absolute Gasteiger partial charge is 0.478 e. The Labute approximate surface area is 144 Å². The molecule has 0 aliphatic rings. The van der Waals surface area contributed by atoms with Crippen LogP contribution in [0.4, 0.5) is 5.69 Å². The maximum absolute atomic E-state index is 12.4. The summed E-state index contributed by atoms with van der Waals surface area (Å²) in [5.41, 5.74) is 0.414. The summed E-state index contributed by atoms with van der Waals surface area (Å²) in [6.45, 7) is 6.52. The fraction of sp³-hybridized carbons (Fsp3) is 0.588. The summed E-state index contributed by atoms with van der Waals surface area (Å²) in [7, 11) is -3.72. The lowest BCUT2D eigenvalue weighted by atomic mass is 10.1. The second-order valence-corrected chi connectivity index (χ2v) is 7.67. The Balaban J connectivity index is 2.98. The molecule has 0 bridgehead atoms. The molecule has 0 radical (unpaired) electrons. The number of unbranched alkanes of at least 4 members (excludes halogenated alkanes) is 2. The first-order chi connectivity index (χ1) is 11.3. The first-order valence-electron chi connectivity index (χ1n) is 8.45. The number of anilines is 1. The fourth-order valence-corrected chi connectivity index (χ4v) is 3.75. The van der Waals surface area contributed by atoms with Crippen LogP contribution in [0.3, 0.4) is 0 Å². The van der Waals surface area contributed by atoms with Crippen molar-refractivity contribution in [2.75, 3.05) is 11.9 Å². The first kappa shape index (κ1) is 20.4. The van der Waals surface area contributed by atoms with Gasteiger partial charge in [-0.1, -0.05) is 33.1 Å². The number of nitrogens with one attached hydrogen (secondary N) is 2. The number of hydrogen-bond donors (Lipinski definition) is 3. The van der Waals surface area contributed by atoms with Crippen molar-refractivity contribution in [3.05, 3.63) is 23.8 Å². The number of hydrogen-bond acceptors (Lipinski definition) is 4. The van der Waals surface area contributed by atoms with Crippen LogP contribution in [0.15, 0.2) is 23.1 Å². The highest BCUT2D eigenvalue weighted by Crippen LogP contribution is 2.21. The van der Waals surface area contributed by atoms with Crippen LogP contribution < -0.4 is 10.0 Å². The van der Waals surface area contributed by atoms with Crippen molar-refractivity contribution in [2.24, 2.45) is 0 Å². The Morgan fingerprint density at radius 3 is 2.50 bits per heavy atom. The summed E-state index contributed by atoms with van der Waals surface area (Å²) in [6, 6.07) is 3.98. The molecule has 0 aromatic heterocycles. The summed E-state index contributed by atoms with van der Waals surface area (Å²) in [5.74, 6) is -1.15. The van der Waals surface area contributed by atoms with Gasteiger partial charge in [0, 0.05) is 18.3 Å². The van der Waals surface area contributed by atoms with Gasteiger partial charge in [-0.15, -0.1) is 0 Å². The highest BCUT2D eigenvalue weighted by molar-refractivity contribution is 7.89. The van der Waals surface area contributed by atoms with E-state index in [2.05, 4.69) is 17.0 Å². The Hall–Kier alpha value is -1.60. The molecule has 0 amide bonds. The fourth-order valence-electron chi connectivity index (χ4n) is 2.44. The van der Waals surface area contributed by atoms with Crippen molar-refractivity contribution >= 4 is 21.7 Å². The van der Waals surface area contributed by atoms with Crippen molar-refractivity contribution in [1.29, 1.82) is 0 Å². The van der Waals surface area contributed by atoms with Gasteiger partial charge in [-0.25, -0.2) is 17.9 Å². The zero-order valence-electron chi connectivity index (χ0n) is 14.6. The molecule has 1 rings (SSSR count). The zero-order chi connectivity index (χ0) is 18.2. The van der Waals surface area contributed by atoms with Gasteiger partial charge in [-0.2, -0.15) is 0 Å². The van der Waals surface area contributed by atoms with E-state index in [9.17, 15) is 18.3 Å². The van der Waals surface area contributed by atoms with Gasteiger partial charge >= 0.3 is 5.97 Å². The van der Waals surface area contributed by atoms with Crippen LogP contribution in [0.1, 0.15) is 63.2 Å². The Morgan fingerprint density at radius 2 is 1.92 bits per heavy atom. The van der Waals surface area contributed by atoms with Gasteiger partial charge in [0.1, 0.15) is 0 Å². The van der Waals surface area contributed by atoms with Crippen LogP contribution in [0.5, 0.6) is 0 Å². The molecular formula is C17H28N2O4S. The Kier molecular flexibility index (Phi) is 8.21. The topological polar surface area (TPSA) is 95.5 Å². The maximum Gasteiger partial charge on any atom is 0.337 e. The van der Waals surface area contributed by atoms with E-state index in [1.54, 1.807) is 6.92 Å². The minimum absolute atomic E-state index is 0.0260. The molecule has 6 nitrogen and oxygen atoms in total. The zero-order valence-corrected chi connectivity index (χ0v) is 15.4. The lowest BCUT2D eigenvalue weighted by molar-refractivity contribution is 0.0697. The van der Waals surface area contributed by atoms with Gasteiger partial charge in [-0.05, 0) is 38.0 Å². The summed E-state index contributed by atoms with van der Waals surface area (Å²) in [6.07, 6.45) is 4.66. The second-order valence-electron chi connectivity index (χ2n) is 5.96. The molecule has 0 aliphatic carbocycles. The first-order valence-corrected chi connectivity index (χ1v) is 9.93. The minimum atomic E-state index is -3.72. The molecule has 0 unspecified atom stereocenters. The highest BCUT2D eigenvalue weighted by atomic mass is 32.2. The highest BCUT2D eigenvalue weighted by Gasteiger charge is 2.20. The standard InChI is InChI=1S/C17H28N2O4S/c1-4-6-7-11-18-16-10-9-14(12-15(16)17(20)21)24(22,23)19-13(3)8-5-2/h9-10,12-13,18-19H,4-8,11H2,1-3H3,(H,20,21)/t13-/m1/s1. The third-order valence-corrected chi connectivity index (χ3v) is 5.29. The molecule has 7 heteroatoms. The van der Waals surface area contributed by atoms with Crippen LogP contribution in [0.2, 0.25) is 0 Å². The normalized spacial score (nSPS) is 12.8. The number of aromatic carboxylic acids is 1. The molecule has 0 saturated carbocycles. The average molecular weight is 356 g/mol. The van der Waals surface area contributed by atoms with E-state index in [0.29, 0.717) is 12.2 Å². The molecule has 1 aromatic rings. The van der Waals surface area contributed by atoms with Crippen molar-refractivity contribution < 1.29 is 18.3 Å². The van der Waals surface area contributed by atoms with Crippen LogP contribution in [0.25, 0.3) is 0 Å². The van der Waals surface area contributed by atoms with Gasteiger partial charge in [-0.3, -0.25) is 0 Å². The van der Waals surface area contributed by atoms with Crippen molar-refractivity contribution in [2.45, 2.75) is 63.8 Å². The van der Waals surface area contributed by atoms with E-state index in [4.69, 9.17) is 0 Å². The van der Waals surface area contributed by atoms with E-state index in [1.807, 2.05) is 6.92 Å². The molecule has 0 saturated heterocycles. The molecule has 0 heterocycles. The lowest BCUT2D eigenvalue weighted by Gasteiger charge is -2.15. The van der Waals surface area contributed by atoms with Crippen molar-refractivity contribution in [1.82, 2.24) is 4.72 Å². The maximum atomic E-state index is 12.4. The van der Waals surface area contributed by atoms with Crippen LogP contribution in [0, 0.1) is 0 Å². The predicted molar refractivity (Wildman–Crippen MR) is 96.1 cm³/mol. The SMILES string of the molecule is CCCCCNc1ccc(S(=O)(=O)N[C@H](C)CCC)cc1C(=O)O. The number of benzene rings is 1. The molecule has 0 fully saturated rings. The number of carboxylic acids is 1. The van der Waals surface area contributed by atoms with Crippen molar-refractivity contribution in [3.63, 3.8) is 0 Å². The molecular weight excluding hydrogens is 328 g/mol. The average Bonchev–Trinajstić information content (AvgIpc) is 2.51. The van der Waals surface area contributed by atoms with E-state index in [-0.39, 0.29) is 16.5 Å². The minimum Gasteiger partial charge on any atom is -0.478 e. The lowest BCUT2D eigenvalue weighted by Crippen LogP contribution is -2.32. The van der Waals surface area contributed by atoms with E-state index in [0.717, 1.165) is 32.1 Å².